The maximum atomic E-state index is 13.2. The van der Waals surface area contributed by atoms with Gasteiger partial charge in [0.1, 0.15) is 12.6 Å². The topological polar surface area (TPSA) is 114 Å². The summed E-state index contributed by atoms with van der Waals surface area (Å²) in [4.78, 5) is 29.9. The van der Waals surface area contributed by atoms with E-state index >= 15 is 0 Å². The molecular weight excluding hydrogens is 506 g/mol. The Kier molecular flexibility index (Phi) is 11.2. The Balaban J connectivity index is 1.94. The Labute approximate surface area is 218 Å². The van der Waals surface area contributed by atoms with Gasteiger partial charge in [0.15, 0.2) is 0 Å². The molecule has 0 aliphatic rings. The molecule has 198 valence electrons. The third-order valence-electron chi connectivity index (χ3n) is 5.56. The number of aryl methyl sites for hydroxylation is 3. The highest BCUT2D eigenvalue weighted by Crippen LogP contribution is 2.22. The van der Waals surface area contributed by atoms with Crippen molar-refractivity contribution < 1.29 is 27.6 Å². The molecule has 0 aliphatic heterocycles. The number of hydrogen-bond donors (Lipinski definition) is 2. The third kappa shape index (κ3) is 8.48. The number of amides is 2. The second kappa shape index (κ2) is 13.6. The molecule has 1 atom stereocenters. The molecule has 2 aromatic carbocycles. The van der Waals surface area contributed by atoms with E-state index in [2.05, 4.69) is 10.0 Å². The largest absolute Gasteiger partial charge is 0.445 e. The van der Waals surface area contributed by atoms with Crippen molar-refractivity contribution in [1.82, 2.24) is 15.1 Å². The van der Waals surface area contributed by atoms with E-state index in [1.165, 1.54) is 14.2 Å². The molecule has 11 heteroatoms. The SMILES string of the molecule is CON(C)C(=O)[C@H](CCCCNC(=O)OCc1ccccc1Cl)NS(=O)(=O)c1c(C)cc(C)cc1C. The summed E-state index contributed by atoms with van der Waals surface area (Å²) in [6, 6.07) is 9.62. The van der Waals surface area contributed by atoms with Crippen LogP contribution in [0, 0.1) is 20.8 Å². The zero-order valence-corrected chi connectivity index (χ0v) is 22.8. The molecule has 2 amide bonds. The molecule has 2 N–H and O–H groups in total. The number of hydroxylamine groups is 2. The van der Waals surface area contributed by atoms with Crippen LogP contribution in [-0.4, -0.2) is 52.2 Å². The first-order chi connectivity index (χ1) is 17.0. The summed E-state index contributed by atoms with van der Waals surface area (Å²) < 4.78 is 34.1. The number of nitrogens with zero attached hydrogens (tertiary/aromatic N) is 1. The van der Waals surface area contributed by atoms with E-state index in [0.29, 0.717) is 41.1 Å². The number of benzene rings is 2. The van der Waals surface area contributed by atoms with Crippen molar-refractivity contribution in [1.29, 1.82) is 0 Å². The molecular formula is C25H34ClN3O6S. The Bertz CT molecular complexity index is 1150. The van der Waals surface area contributed by atoms with E-state index in [1.54, 1.807) is 50.2 Å². The Morgan fingerprint density at radius 3 is 2.33 bits per heavy atom. The molecule has 36 heavy (non-hydrogen) atoms. The van der Waals surface area contributed by atoms with Gasteiger partial charge in [-0.25, -0.2) is 18.3 Å². The molecule has 0 saturated carbocycles. The molecule has 0 aliphatic carbocycles. The lowest BCUT2D eigenvalue weighted by Gasteiger charge is -2.23. The number of ether oxygens (including phenoxy) is 1. The van der Waals surface area contributed by atoms with Gasteiger partial charge in [-0.1, -0.05) is 47.5 Å². The highest BCUT2D eigenvalue weighted by Gasteiger charge is 2.29. The van der Waals surface area contributed by atoms with Crippen LogP contribution in [-0.2, 0) is 31.0 Å². The number of unbranched alkanes of at least 4 members (excludes halogenated alkanes) is 1. The average Bonchev–Trinajstić information content (AvgIpc) is 2.80. The predicted molar refractivity (Wildman–Crippen MR) is 138 cm³/mol. The van der Waals surface area contributed by atoms with Crippen molar-refractivity contribution in [2.45, 2.75) is 57.6 Å². The first-order valence-corrected chi connectivity index (χ1v) is 13.4. The molecule has 0 saturated heterocycles. The molecule has 0 fully saturated rings. The van der Waals surface area contributed by atoms with Crippen LogP contribution in [0.5, 0.6) is 0 Å². The lowest BCUT2D eigenvalue weighted by molar-refractivity contribution is -0.170. The fourth-order valence-corrected chi connectivity index (χ4v) is 5.72. The Morgan fingerprint density at radius 1 is 1.08 bits per heavy atom. The second-order valence-electron chi connectivity index (χ2n) is 8.51. The van der Waals surface area contributed by atoms with Crippen molar-refractivity contribution in [3.8, 4) is 0 Å². The molecule has 0 unspecified atom stereocenters. The first kappa shape index (κ1) is 29.6. The van der Waals surface area contributed by atoms with E-state index < -0.39 is 28.1 Å². The van der Waals surface area contributed by atoms with E-state index in [9.17, 15) is 18.0 Å². The van der Waals surface area contributed by atoms with Crippen LogP contribution < -0.4 is 10.0 Å². The summed E-state index contributed by atoms with van der Waals surface area (Å²) >= 11 is 6.05. The van der Waals surface area contributed by atoms with Crippen LogP contribution in [0.3, 0.4) is 0 Å². The van der Waals surface area contributed by atoms with Gasteiger partial charge in [0.25, 0.3) is 5.91 Å². The number of carbonyl (C=O) groups excluding carboxylic acids is 2. The van der Waals surface area contributed by atoms with Gasteiger partial charge in [-0.2, -0.15) is 4.72 Å². The lowest BCUT2D eigenvalue weighted by atomic mass is 10.1. The number of rotatable bonds is 12. The highest BCUT2D eigenvalue weighted by molar-refractivity contribution is 7.89. The minimum atomic E-state index is -3.97. The van der Waals surface area contributed by atoms with Crippen LogP contribution in [0.4, 0.5) is 4.79 Å². The average molecular weight is 540 g/mol. The lowest BCUT2D eigenvalue weighted by Crippen LogP contribution is -2.47. The van der Waals surface area contributed by atoms with Gasteiger partial charge < -0.3 is 10.1 Å². The van der Waals surface area contributed by atoms with Crippen LogP contribution in [0.25, 0.3) is 0 Å². The zero-order valence-electron chi connectivity index (χ0n) is 21.3. The fourth-order valence-electron chi connectivity index (χ4n) is 3.85. The normalized spacial score (nSPS) is 12.2. The maximum Gasteiger partial charge on any atom is 0.407 e. The zero-order chi connectivity index (χ0) is 26.9. The van der Waals surface area contributed by atoms with E-state index in [1.807, 2.05) is 6.92 Å². The number of sulfonamides is 1. The van der Waals surface area contributed by atoms with Crippen LogP contribution in [0.1, 0.15) is 41.5 Å². The van der Waals surface area contributed by atoms with Crippen LogP contribution in [0.15, 0.2) is 41.3 Å². The fraction of sp³-hybridized carbons (Fsp3) is 0.440. The maximum absolute atomic E-state index is 13.2. The molecule has 0 spiro atoms. The third-order valence-corrected chi connectivity index (χ3v) is 7.70. The molecule has 0 heterocycles. The van der Waals surface area contributed by atoms with Crippen LogP contribution >= 0.6 is 11.6 Å². The molecule has 0 radical (unpaired) electrons. The van der Waals surface area contributed by atoms with Crippen molar-refractivity contribution in [3.05, 3.63) is 63.7 Å². The molecule has 0 aromatic heterocycles. The summed E-state index contributed by atoms with van der Waals surface area (Å²) in [7, 11) is -1.22. The van der Waals surface area contributed by atoms with Gasteiger partial charge in [-0.3, -0.25) is 9.63 Å². The van der Waals surface area contributed by atoms with Gasteiger partial charge in [-0.05, 0) is 57.2 Å². The number of likely N-dealkylation sites (N-methyl/N-ethyl adjacent to an activating group) is 1. The minimum absolute atomic E-state index is 0.0467. The summed E-state index contributed by atoms with van der Waals surface area (Å²) in [5.41, 5.74) is 2.86. The number of alkyl carbamates (subject to hydrolysis) is 1. The Morgan fingerprint density at radius 2 is 1.72 bits per heavy atom. The highest BCUT2D eigenvalue weighted by atomic mass is 35.5. The summed E-state index contributed by atoms with van der Waals surface area (Å²) in [5.74, 6) is -0.518. The monoisotopic (exact) mass is 539 g/mol. The standard InChI is InChI=1S/C25H34ClN3O6S/c1-17-14-18(2)23(19(3)15-17)36(32,33)28-22(24(30)29(4)34-5)12-8-9-13-27-25(31)35-16-20-10-6-7-11-21(20)26/h6-7,10-11,14-15,22,28H,8-9,12-13,16H2,1-5H3,(H,27,31)/t22-/m0/s1. The minimum Gasteiger partial charge on any atom is -0.445 e. The number of halogens is 1. The summed E-state index contributed by atoms with van der Waals surface area (Å²) in [6.07, 6.45) is 0.596. The quantitative estimate of drug-likeness (QED) is 0.311. The van der Waals surface area contributed by atoms with Crippen molar-refractivity contribution in [3.63, 3.8) is 0 Å². The summed E-state index contributed by atoms with van der Waals surface area (Å²) in [6.45, 7) is 5.69. The smallest absolute Gasteiger partial charge is 0.407 e. The molecule has 0 bridgehead atoms. The van der Waals surface area contributed by atoms with Gasteiger partial charge >= 0.3 is 6.09 Å². The van der Waals surface area contributed by atoms with Gasteiger partial charge in [-0.15, -0.1) is 0 Å². The van der Waals surface area contributed by atoms with Crippen molar-refractivity contribution in [2.24, 2.45) is 0 Å². The molecule has 2 aromatic rings. The molecule has 9 nitrogen and oxygen atoms in total. The van der Waals surface area contributed by atoms with Gasteiger partial charge in [0.05, 0.1) is 12.0 Å². The predicted octanol–water partition coefficient (Wildman–Crippen LogP) is 4.03. The number of hydrogen-bond acceptors (Lipinski definition) is 6. The number of nitrogens with one attached hydrogen (secondary N) is 2. The molecule has 2 rings (SSSR count). The first-order valence-electron chi connectivity index (χ1n) is 11.5. The second-order valence-corrected chi connectivity index (χ2v) is 10.6. The summed E-state index contributed by atoms with van der Waals surface area (Å²) in [5, 5.41) is 4.15. The van der Waals surface area contributed by atoms with Crippen molar-refractivity contribution in [2.75, 3.05) is 20.7 Å². The van der Waals surface area contributed by atoms with E-state index in [0.717, 1.165) is 10.6 Å². The van der Waals surface area contributed by atoms with E-state index in [4.69, 9.17) is 21.2 Å². The Hall–Kier alpha value is -2.66. The van der Waals surface area contributed by atoms with E-state index in [-0.39, 0.29) is 17.9 Å². The van der Waals surface area contributed by atoms with Crippen LogP contribution in [0.2, 0.25) is 5.02 Å². The number of carbonyl (C=O) groups is 2. The van der Waals surface area contributed by atoms with Gasteiger partial charge in [0, 0.05) is 24.2 Å². The van der Waals surface area contributed by atoms with Crippen molar-refractivity contribution >= 4 is 33.6 Å². The van der Waals surface area contributed by atoms with Gasteiger partial charge in [0.2, 0.25) is 10.0 Å².